The van der Waals surface area contributed by atoms with Gasteiger partial charge in [-0.3, -0.25) is 4.79 Å². The fourth-order valence-corrected chi connectivity index (χ4v) is 3.23. The number of rotatable bonds is 9. The van der Waals surface area contributed by atoms with Gasteiger partial charge < -0.3 is 14.6 Å². The minimum Gasteiger partial charge on any atom is -0.377 e. The molecule has 0 aliphatic carbocycles. The summed E-state index contributed by atoms with van der Waals surface area (Å²) in [6.07, 6.45) is 2.19. The maximum Gasteiger partial charge on any atom is 0.225 e. The van der Waals surface area contributed by atoms with Gasteiger partial charge >= 0.3 is 0 Å². The van der Waals surface area contributed by atoms with Crippen LogP contribution in [0.1, 0.15) is 12.2 Å². The average molecular weight is 458 g/mol. The number of aromatic nitrogens is 3. The highest BCUT2D eigenvalue weighted by Crippen LogP contribution is 2.19. The van der Waals surface area contributed by atoms with Gasteiger partial charge in [-0.1, -0.05) is 17.8 Å². The molecule has 0 saturated heterocycles. The normalized spacial score (nSPS) is 10.6. The van der Waals surface area contributed by atoms with E-state index in [9.17, 15) is 4.79 Å². The van der Waals surface area contributed by atoms with Gasteiger partial charge in [-0.25, -0.2) is 0 Å². The summed E-state index contributed by atoms with van der Waals surface area (Å²) in [5, 5.41) is 11.9. The fraction of sp³-hybridized carbons (Fsp3) is 0.312. The third-order valence-corrected chi connectivity index (χ3v) is 4.75. The van der Waals surface area contributed by atoms with Crippen molar-refractivity contribution in [2.45, 2.75) is 24.7 Å². The van der Waals surface area contributed by atoms with E-state index >= 15 is 0 Å². The summed E-state index contributed by atoms with van der Waals surface area (Å²) in [5.74, 6) is 1.36. The van der Waals surface area contributed by atoms with Crippen molar-refractivity contribution in [2.75, 3.05) is 18.2 Å². The molecule has 0 unspecified atom stereocenters. The molecule has 1 aromatic carbocycles. The number of carbonyl (C=O) groups is 1. The number of ether oxygens (including phenoxy) is 1. The predicted molar refractivity (Wildman–Crippen MR) is 104 cm³/mol. The van der Waals surface area contributed by atoms with Crippen molar-refractivity contribution in [3.8, 4) is 0 Å². The Kier molecular flexibility index (Phi) is 7.73. The lowest BCUT2D eigenvalue weighted by Gasteiger charge is -2.07. The smallest absolute Gasteiger partial charge is 0.225 e. The second-order valence-electron chi connectivity index (χ2n) is 4.88. The van der Waals surface area contributed by atoms with Crippen molar-refractivity contribution in [2.24, 2.45) is 0 Å². The molecule has 1 heterocycles. The summed E-state index contributed by atoms with van der Waals surface area (Å²) in [6, 6.07) is 7.70. The maximum atomic E-state index is 12.0. The molecule has 0 aliphatic rings. The first-order valence-electron chi connectivity index (χ1n) is 7.34. The van der Waals surface area contributed by atoms with Gasteiger partial charge in [0.15, 0.2) is 11.0 Å². The first-order valence-corrected chi connectivity index (χ1v) is 9.40. The lowest BCUT2D eigenvalue weighted by Crippen LogP contribution is -2.12. The molecule has 0 aliphatic heterocycles. The highest BCUT2D eigenvalue weighted by Gasteiger charge is 2.12. The summed E-state index contributed by atoms with van der Waals surface area (Å²) in [7, 11) is 1.62. The monoisotopic (exact) mass is 458 g/mol. The van der Waals surface area contributed by atoms with Gasteiger partial charge in [-0.2, -0.15) is 0 Å². The van der Waals surface area contributed by atoms with E-state index in [1.165, 1.54) is 11.8 Å². The molecule has 1 N–H and O–H groups in total. The van der Waals surface area contributed by atoms with Crippen LogP contribution in [0.2, 0.25) is 0 Å². The molecule has 0 radical (unpaired) electrons. The molecule has 0 spiro atoms. The van der Waals surface area contributed by atoms with E-state index in [0.717, 1.165) is 20.2 Å². The highest BCUT2D eigenvalue weighted by molar-refractivity contribution is 14.1. The highest BCUT2D eigenvalue weighted by atomic mass is 127. The fourth-order valence-electron chi connectivity index (χ4n) is 1.97. The van der Waals surface area contributed by atoms with Crippen LogP contribution in [-0.4, -0.2) is 33.5 Å². The van der Waals surface area contributed by atoms with E-state index < -0.39 is 0 Å². The Balaban J connectivity index is 1.86. The summed E-state index contributed by atoms with van der Waals surface area (Å²) >= 11 is 3.73. The van der Waals surface area contributed by atoms with Crippen molar-refractivity contribution in [3.63, 3.8) is 0 Å². The number of amides is 1. The SMILES string of the molecule is C=CCn1c(COC)nnc1SCCC(=O)Nc1ccc(I)cc1. The number of hydrogen-bond donors (Lipinski definition) is 1. The first kappa shape index (κ1) is 18.9. The van der Waals surface area contributed by atoms with Crippen LogP contribution < -0.4 is 5.32 Å². The third-order valence-electron chi connectivity index (χ3n) is 3.07. The molecule has 0 saturated carbocycles. The summed E-state index contributed by atoms with van der Waals surface area (Å²) in [5.41, 5.74) is 0.808. The summed E-state index contributed by atoms with van der Waals surface area (Å²) < 4.78 is 8.19. The van der Waals surface area contributed by atoms with Crippen LogP contribution in [-0.2, 0) is 22.7 Å². The van der Waals surface area contributed by atoms with Crippen LogP contribution in [0.25, 0.3) is 0 Å². The Bertz CT molecular complexity index is 688. The van der Waals surface area contributed by atoms with E-state index in [2.05, 4.69) is 44.7 Å². The predicted octanol–water partition coefficient (Wildman–Crippen LogP) is 3.34. The first-order chi connectivity index (χ1) is 11.6. The van der Waals surface area contributed by atoms with Crippen molar-refractivity contribution in [1.29, 1.82) is 0 Å². The van der Waals surface area contributed by atoms with Gasteiger partial charge in [0.2, 0.25) is 5.91 Å². The minimum atomic E-state index is -0.0180. The number of nitrogens with zero attached hydrogens (tertiary/aromatic N) is 3. The molecule has 2 aromatic rings. The molecule has 128 valence electrons. The van der Waals surface area contributed by atoms with E-state index in [-0.39, 0.29) is 5.91 Å². The molecule has 8 heteroatoms. The van der Waals surface area contributed by atoms with Crippen molar-refractivity contribution in [1.82, 2.24) is 14.8 Å². The Morgan fingerprint density at radius 3 is 2.83 bits per heavy atom. The Morgan fingerprint density at radius 2 is 2.17 bits per heavy atom. The van der Waals surface area contributed by atoms with Gasteiger partial charge in [0, 0.05) is 35.1 Å². The third kappa shape index (κ3) is 5.60. The van der Waals surface area contributed by atoms with Crippen LogP contribution in [0.4, 0.5) is 5.69 Å². The zero-order valence-corrected chi connectivity index (χ0v) is 16.3. The molecule has 1 amide bonds. The number of nitrogens with one attached hydrogen (secondary N) is 1. The van der Waals surface area contributed by atoms with E-state index in [1.54, 1.807) is 13.2 Å². The quantitative estimate of drug-likeness (QED) is 0.355. The Labute approximate surface area is 159 Å². The molecular formula is C16H19IN4O2S. The molecule has 24 heavy (non-hydrogen) atoms. The van der Waals surface area contributed by atoms with Crippen molar-refractivity contribution < 1.29 is 9.53 Å². The lowest BCUT2D eigenvalue weighted by atomic mass is 10.3. The number of benzene rings is 1. The van der Waals surface area contributed by atoms with Gasteiger partial charge in [0.05, 0.1) is 0 Å². The average Bonchev–Trinajstić information content (AvgIpc) is 2.93. The molecule has 1 aromatic heterocycles. The van der Waals surface area contributed by atoms with E-state index in [1.807, 2.05) is 28.8 Å². The minimum absolute atomic E-state index is 0.0180. The second kappa shape index (κ2) is 9.80. The van der Waals surface area contributed by atoms with E-state index in [0.29, 0.717) is 25.3 Å². The zero-order chi connectivity index (χ0) is 17.4. The molecule has 0 fully saturated rings. The number of allylic oxidation sites excluding steroid dienone is 1. The molecular weight excluding hydrogens is 439 g/mol. The van der Waals surface area contributed by atoms with Crippen LogP contribution >= 0.6 is 34.4 Å². The molecule has 2 rings (SSSR count). The van der Waals surface area contributed by atoms with Crippen LogP contribution in [0.3, 0.4) is 0 Å². The summed E-state index contributed by atoms with van der Waals surface area (Å²) in [4.78, 5) is 12.0. The summed E-state index contributed by atoms with van der Waals surface area (Å²) in [6.45, 7) is 4.76. The van der Waals surface area contributed by atoms with Gasteiger partial charge in [0.1, 0.15) is 6.61 Å². The number of thioether (sulfide) groups is 1. The van der Waals surface area contributed by atoms with Gasteiger partial charge in [0.25, 0.3) is 0 Å². The topological polar surface area (TPSA) is 69.0 Å². The number of anilines is 1. The van der Waals surface area contributed by atoms with Crippen molar-refractivity contribution in [3.05, 3.63) is 46.3 Å². The Hall–Kier alpha value is -1.39. The lowest BCUT2D eigenvalue weighted by molar-refractivity contribution is -0.115. The largest absolute Gasteiger partial charge is 0.377 e. The van der Waals surface area contributed by atoms with Gasteiger partial charge in [-0.05, 0) is 46.9 Å². The van der Waals surface area contributed by atoms with Gasteiger partial charge in [-0.15, -0.1) is 16.8 Å². The maximum absolute atomic E-state index is 12.0. The van der Waals surface area contributed by atoms with Crippen LogP contribution in [0.15, 0.2) is 42.1 Å². The standard InChI is InChI=1S/C16H19IN4O2S/c1-3-9-21-14(11-23-2)19-20-16(21)24-10-8-15(22)18-13-6-4-12(17)5-7-13/h3-7H,1,8-11H2,2H3,(H,18,22). The number of halogens is 1. The second-order valence-corrected chi connectivity index (χ2v) is 7.19. The van der Waals surface area contributed by atoms with Crippen LogP contribution in [0, 0.1) is 3.57 Å². The zero-order valence-electron chi connectivity index (χ0n) is 13.4. The molecule has 0 atom stereocenters. The van der Waals surface area contributed by atoms with Crippen LogP contribution in [0.5, 0.6) is 0 Å². The molecule has 0 bridgehead atoms. The van der Waals surface area contributed by atoms with Crippen molar-refractivity contribution >= 4 is 45.9 Å². The molecule has 6 nitrogen and oxygen atoms in total. The number of methoxy groups -OCH3 is 1. The number of carbonyl (C=O) groups excluding carboxylic acids is 1. The van der Waals surface area contributed by atoms with E-state index in [4.69, 9.17) is 4.74 Å². The Morgan fingerprint density at radius 1 is 1.42 bits per heavy atom. The number of hydrogen-bond acceptors (Lipinski definition) is 5.